The average Bonchev–Trinajstić information content (AvgIpc) is 2.56. The van der Waals surface area contributed by atoms with E-state index in [1.54, 1.807) is 25.7 Å². The van der Waals surface area contributed by atoms with Crippen LogP contribution in [0.15, 0.2) is 0 Å². The smallest absolute Gasteiger partial charge is 0.0694 e. The van der Waals surface area contributed by atoms with Crippen LogP contribution in [0.2, 0.25) is 5.82 Å². The fraction of sp³-hybridized carbons (Fsp3) is 1.00. The lowest BCUT2D eigenvalue weighted by Crippen LogP contribution is -2.12. The maximum absolute atomic E-state index is 2.47. The van der Waals surface area contributed by atoms with Gasteiger partial charge in [0.1, 0.15) is 7.85 Å². The Hall–Kier alpha value is 0.0649. The van der Waals surface area contributed by atoms with Crippen molar-refractivity contribution in [3.8, 4) is 0 Å². The molecule has 0 N–H and O–H groups in total. The van der Waals surface area contributed by atoms with Gasteiger partial charge in [0.15, 0.2) is 0 Å². The van der Waals surface area contributed by atoms with Crippen molar-refractivity contribution in [3.63, 3.8) is 0 Å². The van der Waals surface area contributed by atoms with Crippen molar-refractivity contribution >= 4 is 7.85 Å². The molecule has 0 nitrogen and oxygen atoms in total. The molecule has 2 fully saturated rings. The highest BCUT2D eigenvalue weighted by Gasteiger charge is 2.27. The second kappa shape index (κ2) is 4.53. The first-order valence-electron chi connectivity index (χ1n) is 6.36. The summed E-state index contributed by atoms with van der Waals surface area (Å²) < 4.78 is 0. The number of hydrogen-bond acceptors (Lipinski definition) is 0. The molecule has 0 aromatic carbocycles. The Morgan fingerprint density at radius 3 is 1.92 bits per heavy atom. The van der Waals surface area contributed by atoms with Gasteiger partial charge in [-0.05, 0) is 11.8 Å². The Bertz CT molecular complexity index is 149. The summed E-state index contributed by atoms with van der Waals surface area (Å²) in [6.45, 7) is 0. The molecule has 0 radical (unpaired) electrons. The first-order valence-corrected chi connectivity index (χ1v) is 6.36. The Labute approximate surface area is 83.9 Å². The molecular formula is C12H23B. The molecule has 0 bridgehead atoms. The summed E-state index contributed by atoms with van der Waals surface area (Å²) >= 11 is 0. The molecular weight excluding hydrogens is 155 g/mol. The molecule has 2 aliphatic carbocycles. The lowest BCUT2D eigenvalue weighted by atomic mass is 9.74. The van der Waals surface area contributed by atoms with Crippen LogP contribution in [0.1, 0.15) is 57.8 Å². The van der Waals surface area contributed by atoms with Gasteiger partial charge < -0.3 is 0 Å². The summed E-state index contributed by atoms with van der Waals surface area (Å²) in [5.41, 5.74) is 0. The van der Waals surface area contributed by atoms with E-state index in [1.165, 1.54) is 32.1 Å². The summed E-state index contributed by atoms with van der Waals surface area (Å²) in [5, 5.41) is 0. The summed E-state index contributed by atoms with van der Waals surface area (Å²) in [5.74, 6) is 3.26. The molecule has 0 aromatic rings. The molecule has 0 aliphatic heterocycles. The molecule has 0 heterocycles. The Morgan fingerprint density at radius 1 is 0.692 bits per heavy atom. The van der Waals surface area contributed by atoms with Gasteiger partial charge >= 0.3 is 0 Å². The van der Waals surface area contributed by atoms with Crippen molar-refractivity contribution in [1.29, 1.82) is 0 Å². The van der Waals surface area contributed by atoms with E-state index in [9.17, 15) is 0 Å². The second-order valence-electron chi connectivity index (χ2n) is 5.43. The van der Waals surface area contributed by atoms with Crippen LogP contribution in [0.4, 0.5) is 0 Å². The van der Waals surface area contributed by atoms with E-state index in [2.05, 4.69) is 7.85 Å². The lowest BCUT2D eigenvalue weighted by molar-refractivity contribution is 0.304. The third-order valence-corrected chi connectivity index (χ3v) is 4.29. The van der Waals surface area contributed by atoms with E-state index in [4.69, 9.17) is 0 Å². The van der Waals surface area contributed by atoms with E-state index in [-0.39, 0.29) is 0 Å². The largest absolute Gasteiger partial charge is 0.105 e. The van der Waals surface area contributed by atoms with Gasteiger partial charge in [0, 0.05) is 0 Å². The summed E-state index contributed by atoms with van der Waals surface area (Å²) in [6.07, 6.45) is 13.8. The molecule has 13 heavy (non-hydrogen) atoms. The molecule has 74 valence electrons. The predicted molar refractivity (Wildman–Crippen MR) is 60.8 cm³/mol. The minimum Gasteiger partial charge on any atom is -0.0694 e. The van der Waals surface area contributed by atoms with Gasteiger partial charge in [-0.3, -0.25) is 0 Å². The van der Waals surface area contributed by atoms with Gasteiger partial charge in [-0.2, -0.15) is 0 Å². The van der Waals surface area contributed by atoms with Crippen LogP contribution in [0, 0.1) is 11.8 Å². The van der Waals surface area contributed by atoms with Gasteiger partial charge in [-0.1, -0.05) is 63.6 Å². The Morgan fingerprint density at radius 2 is 1.23 bits per heavy atom. The minimum atomic E-state index is 1.02. The van der Waals surface area contributed by atoms with Crippen LogP contribution < -0.4 is 0 Å². The van der Waals surface area contributed by atoms with E-state index in [1.807, 2.05) is 0 Å². The minimum absolute atomic E-state index is 1.02. The van der Waals surface area contributed by atoms with Crippen molar-refractivity contribution in [3.05, 3.63) is 0 Å². The quantitative estimate of drug-likeness (QED) is 0.427. The maximum Gasteiger partial charge on any atom is 0.105 e. The van der Waals surface area contributed by atoms with Crippen LogP contribution in [0.25, 0.3) is 0 Å². The van der Waals surface area contributed by atoms with Crippen LogP contribution in [-0.4, -0.2) is 7.85 Å². The maximum atomic E-state index is 2.47. The zero-order valence-corrected chi connectivity index (χ0v) is 9.10. The number of hydrogen-bond donors (Lipinski definition) is 0. The molecule has 2 saturated carbocycles. The highest BCUT2D eigenvalue weighted by molar-refractivity contribution is 6.11. The summed E-state index contributed by atoms with van der Waals surface area (Å²) in [7, 11) is 2.47. The van der Waals surface area contributed by atoms with Crippen molar-refractivity contribution in [1.82, 2.24) is 0 Å². The van der Waals surface area contributed by atoms with Gasteiger partial charge in [-0.25, -0.2) is 0 Å². The summed E-state index contributed by atoms with van der Waals surface area (Å²) in [6, 6.07) is 0. The first-order chi connectivity index (χ1) is 6.36. The molecule has 0 aromatic heterocycles. The average molecular weight is 178 g/mol. The molecule has 2 rings (SSSR count). The van der Waals surface area contributed by atoms with E-state index >= 15 is 0 Å². The number of rotatable bonds is 1. The van der Waals surface area contributed by atoms with Gasteiger partial charge in [0.05, 0.1) is 0 Å². The Kier molecular flexibility index (Phi) is 3.35. The first kappa shape index (κ1) is 9.61. The molecule has 0 spiro atoms. The zero-order valence-electron chi connectivity index (χ0n) is 9.10. The fourth-order valence-corrected chi connectivity index (χ4v) is 3.51. The van der Waals surface area contributed by atoms with Crippen molar-refractivity contribution in [2.75, 3.05) is 0 Å². The lowest BCUT2D eigenvalue weighted by Gasteiger charge is -2.23. The molecule has 0 amide bonds. The van der Waals surface area contributed by atoms with Crippen LogP contribution in [0.3, 0.4) is 0 Å². The van der Waals surface area contributed by atoms with Gasteiger partial charge in [0.2, 0.25) is 0 Å². The predicted octanol–water partition coefficient (Wildman–Crippen LogP) is 3.18. The monoisotopic (exact) mass is 178 g/mol. The van der Waals surface area contributed by atoms with Crippen LogP contribution in [-0.2, 0) is 0 Å². The van der Waals surface area contributed by atoms with Crippen molar-refractivity contribution in [2.24, 2.45) is 11.8 Å². The van der Waals surface area contributed by atoms with Gasteiger partial charge in [-0.15, -0.1) is 0 Å². The SMILES string of the molecule is BC1CCCCC(C2CCCC2)C1. The standard InChI is InChI=1S/C12H23B/c13-12-8-4-3-7-11(9-12)10-5-1-2-6-10/h10-12H,1-9,13H2. The Balaban J connectivity index is 1.88. The molecule has 0 saturated heterocycles. The molecule has 2 aliphatic rings. The van der Waals surface area contributed by atoms with Gasteiger partial charge in [0.25, 0.3) is 0 Å². The van der Waals surface area contributed by atoms with Crippen molar-refractivity contribution < 1.29 is 0 Å². The third kappa shape index (κ3) is 2.51. The van der Waals surface area contributed by atoms with Crippen LogP contribution in [0.5, 0.6) is 0 Å². The highest BCUT2D eigenvalue weighted by Crippen LogP contribution is 2.40. The molecule has 2 unspecified atom stereocenters. The zero-order chi connectivity index (χ0) is 9.10. The topological polar surface area (TPSA) is 0 Å². The highest BCUT2D eigenvalue weighted by atomic mass is 14.3. The van der Waals surface area contributed by atoms with Crippen LogP contribution >= 0.6 is 0 Å². The molecule has 1 heteroatoms. The van der Waals surface area contributed by atoms with Crippen molar-refractivity contribution in [2.45, 2.75) is 63.6 Å². The van der Waals surface area contributed by atoms with E-state index in [0.29, 0.717) is 0 Å². The molecule has 2 atom stereocenters. The fourth-order valence-electron chi connectivity index (χ4n) is 3.51. The van der Waals surface area contributed by atoms with E-state index < -0.39 is 0 Å². The second-order valence-corrected chi connectivity index (χ2v) is 5.43. The van der Waals surface area contributed by atoms with E-state index in [0.717, 1.165) is 17.7 Å². The summed E-state index contributed by atoms with van der Waals surface area (Å²) in [4.78, 5) is 0. The third-order valence-electron chi connectivity index (χ3n) is 4.29. The normalized spacial score (nSPS) is 37.5.